The predicted molar refractivity (Wildman–Crippen MR) is 54.3 cm³/mol. The summed E-state index contributed by atoms with van der Waals surface area (Å²) < 4.78 is 29.9. The monoisotopic (exact) mass is 230 g/mol. The molecule has 0 aliphatic heterocycles. The van der Waals surface area contributed by atoms with Crippen molar-refractivity contribution in [3.05, 3.63) is 29.3 Å². The number of hydrogen-bond donors (Lipinski definition) is 1. The molecular formula is C11H12F2O3. The molecule has 1 aromatic carbocycles. The molecule has 0 atom stereocenters. The molecule has 0 amide bonds. The summed E-state index contributed by atoms with van der Waals surface area (Å²) in [7, 11) is 0. The van der Waals surface area contributed by atoms with Gasteiger partial charge in [0.25, 0.3) is 5.92 Å². The number of hydrogen-bond acceptors (Lipinski definition) is 2. The van der Waals surface area contributed by atoms with E-state index in [2.05, 4.69) is 0 Å². The van der Waals surface area contributed by atoms with E-state index in [9.17, 15) is 13.6 Å². The van der Waals surface area contributed by atoms with E-state index in [0.29, 0.717) is 5.56 Å². The van der Waals surface area contributed by atoms with Crippen LogP contribution >= 0.6 is 0 Å². The van der Waals surface area contributed by atoms with Gasteiger partial charge in [-0.2, -0.15) is 0 Å². The molecule has 0 aromatic heterocycles. The zero-order valence-electron chi connectivity index (χ0n) is 8.96. The van der Waals surface area contributed by atoms with Crippen molar-refractivity contribution in [3.8, 4) is 5.75 Å². The predicted octanol–water partition coefficient (Wildman–Crippen LogP) is 2.73. The Morgan fingerprint density at radius 3 is 2.56 bits per heavy atom. The first-order valence-corrected chi connectivity index (χ1v) is 4.64. The molecule has 1 rings (SSSR count). The molecule has 1 N–H and O–H groups in total. The third kappa shape index (κ3) is 3.49. The van der Waals surface area contributed by atoms with Crippen LogP contribution in [0.1, 0.15) is 22.8 Å². The van der Waals surface area contributed by atoms with E-state index in [1.165, 1.54) is 18.2 Å². The maximum atomic E-state index is 12.5. The van der Waals surface area contributed by atoms with Crippen molar-refractivity contribution in [1.82, 2.24) is 0 Å². The first kappa shape index (κ1) is 12.4. The van der Waals surface area contributed by atoms with Gasteiger partial charge in [0.05, 0.1) is 5.56 Å². The smallest absolute Gasteiger partial charge is 0.335 e. The van der Waals surface area contributed by atoms with Crippen LogP contribution in [0.3, 0.4) is 0 Å². The Bertz CT molecular complexity index is 397. The number of carboxylic acids is 1. The first-order chi connectivity index (χ1) is 7.29. The Morgan fingerprint density at radius 1 is 1.50 bits per heavy atom. The number of aryl methyl sites for hydroxylation is 1. The normalized spacial score (nSPS) is 11.2. The fourth-order valence-electron chi connectivity index (χ4n) is 1.15. The Labute approximate surface area is 91.7 Å². The van der Waals surface area contributed by atoms with Crippen molar-refractivity contribution in [3.63, 3.8) is 0 Å². The second kappa shape index (κ2) is 4.47. The zero-order chi connectivity index (χ0) is 12.3. The van der Waals surface area contributed by atoms with Crippen molar-refractivity contribution in [2.24, 2.45) is 0 Å². The van der Waals surface area contributed by atoms with Crippen molar-refractivity contribution in [1.29, 1.82) is 0 Å². The maximum Gasteiger partial charge on any atom is 0.335 e. The van der Waals surface area contributed by atoms with Crippen LogP contribution in [0.15, 0.2) is 18.2 Å². The number of halogens is 2. The van der Waals surface area contributed by atoms with E-state index in [1.807, 2.05) is 0 Å². The lowest BCUT2D eigenvalue weighted by Gasteiger charge is -2.13. The minimum atomic E-state index is -2.90. The third-order valence-electron chi connectivity index (χ3n) is 1.90. The topological polar surface area (TPSA) is 46.5 Å². The maximum absolute atomic E-state index is 12.5. The Kier molecular flexibility index (Phi) is 3.47. The fraction of sp³-hybridized carbons (Fsp3) is 0.364. The number of benzene rings is 1. The Morgan fingerprint density at radius 2 is 2.12 bits per heavy atom. The number of alkyl halides is 2. The molecule has 0 heterocycles. The molecule has 0 aliphatic carbocycles. The van der Waals surface area contributed by atoms with Crippen LogP contribution < -0.4 is 4.74 Å². The Balaban J connectivity index is 2.80. The van der Waals surface area contributed by atoms with Crippen LogP contribution in [0.5, 0.6) is 5.75 Å². The minimum Gasteiger partial charge on any atom is -0.487 e. The van der Waals surface area contributed by atoms with Gasteiger partial charge in [0.15, 0.2) is 6.61 Å². The van der Waals surface area contributed by atoms with Gasteiger partial charge in [0.2, 0.25) is 0 Å². The summed E-state index contributed by atoms with van der Waals surface area (Å²) in [5, 5.41) is 8.70. The number of rotatable bonds is 4. The second-order valence-electron chi connectivity index (χ2n) is 3.64. The van der Waals surface area contributed by atoms with Crippen LogP contribution in [-0.4, -0.2) is 23.6 Å². The minimum absolute atomic E-state index is 0.105. The van der Waals surface area contributed by atoms with Crippen molar-refractivity contribution >= 4 is 5.97 Å². The molecule has 0 spiro atoms. The summed E-state index contributed by atoms with van der Waals surface area (Å²) in [5.74, 6) is -3.69. The van der Waals surface area contributed by atoms with Crippen molar-refractivity contribution in [2.45, 2.75) is 19.8 Å². The lowest BCUT2D eigenvalue weighted by atomic mass is 10.1. The fourth-order valence-corrected chi connectivity index (χ4v) is 1.15. The number of ether oxygens (including phenoxy) is 1. The van der Waals surface area contributed by atoms with Crippen molar-refractivity contribution < 1.29 is 23.4 Å². The van der Waals surface area contributed by atoms with Crippen LogP contribution in [0, 0.1) is 6.92 Å². The summed E-state index contributed by atoms with van der Waals surface area (Å²) >= 11 is 0. The van der Waals surface area contributed by atoms with Gasteiger partial charge in [-0.3, -0.25) is 0 Å². The van der Waals surface area contributed by atoms with Gasteiger partial charge in [-0.1, -0.05) is 0 Å². The van der Waals surface area contributed by atoms with Gasteiger partial charge in [0, 0.05) is 6.92 Å². The van der Waals surface area contributed by atoms with Gasteiger partial charge in [-0.05, 0) is 30.7 Å². The molecule has 0 radical (unpaired) electrons. The molecular weight excluding hydrogens is 218 g/mol. The molecule has 0 bridgehead atoms. The lowest BCUT2D eigenvalue weighted by Crippen LogP contribution is -2.21. The highest BCUT2D eigenvalue weighted by atomic mass is 19.3. The highest BCUT2D eigenvalue weighted by Crippen LogP contribution is 2.21. The van der Waals surface area contributed by atoms with Crippen LogP contribution in [0.2, 0.25) is 0 Å². The molecule has 88 valence electrons. The molecule has 0 saturated heterocycles. The average molecular weight is 230 g/mol. The summed E-state index contributed by atoms with van der Waals surface area (Å²) in [4.78, 5) is 10.6. The molecule has 1 aromatic rings. The van der Waals surface area contributed by atoms with E-state index in [-0.39, 0.29) is 11.3 Å². The molecule has 3 nitrogen and oxygen atoms in total. The van der Waals surface area contributed by atoms with Gasteiger partial charge < -0.3 is 9.84 Å². The molecule has 0 aliphatic rings. The summed E-state index contributed by atoms with van der Waals surface area (Å²) in [5.41, 5.74) is 0.622. The third-order valence-corrected chi connectivity index (χ3v) is 1.90. The highest BCUT2D eigenvalue weighted by Gasteiger charge is 2.22. The van der Waals surface area contributed by atoms with Crippen molar-refractivity contribution in [2.75, 3.05) is 6.61 Å². The van der Waals surface area contributed by atoms with Gasteiger partial charge >= 0.3 is 5.97 Å². The summed E-state index contributed by atoms with van der Waals surface area (Å²) in [6, 6.07) is 4.08. The molecule has 0 saturated carbocycles. The van der Waals surface area contributed by atoms with E-state index in [1.54, 1.807) is 6.92 Å². The van der Waals surface area contributed by atoms with E-state index < -0.39 is 18.5 Å². The molecule has 0 unspecified atom stereocenters. The number of aromatic carboxylic acids is 1. The van der Waals surface area contributed by atoms with E-state index in [4.69, 9.17) is 9.84 Å². The molecule has 16 heavy (non-hydrogen) atoms. The standard InChI is InChI=1S/C11H12F2O3/c1-7-5-8(10(14)15)3-4-9(7)16-6-11(2,12)13/h3-5H,6H2,1-2H3,(H,14,15). The van der Waals surface area contributed by atoms with E-state index >= 15 is 0 Å². The van der Waals surface area contributed by atoms with Crippen LogP contribution in [0.4, 0.5) is 8.78 Å². The number of carbonyl (C=O) groups is 1. The molecule has 5 heteroatoms. The van der Waals surface area contributed by atoms with Crippen LogP contribution in [0.25, 0.3) is 0 Å². The summed E-state index contributed by atoms with van der Waals surface area (Å²) in [6.45, 7) is 1.64. The quantitative estimate of drug-likeness (QED) is 0.865. The first-order valence-electron chi connectivity index (χ1n) is 4.64. The Hall–Kier alpha value is -1.65. The molecule has 0 fully saturated rings. The lowest BCUT2D eigenvalue weighted by molar-refractivity contribution is -0.0231. The SMILES string of the molecule is Cc1cc(C(=O)O)ccc1OCC(C)(F)F. The van der Waals surface area contributed by atoms with E-state index in [0.717, 1.165) is 6.92 Å². The number of carboxylic acid groups (broad SMARTS) is 1. The largest absolute Gasteiger partial charge is 0.487 e. The van der Waals surface area contributed by atoms with Gasteiger partial charge in [-0.25, -0.2) is 13.6 Å². The van der Waals surface area contributed by atoms with Gasteiger partial charge in [0.1, 0.15) is 5.75 Å². The zero-order valence-corrected chi connectivity index (χ0v) is 8.96. The van der Waals surface area contributed by atoms with Crippen LogP contribution in [-0.2, 0) is 0 Å². The summed E-state index contributed by atoms with van der Waals surface area (Å²) in [6.07, 6.45) is 0. The average Bonchev–Trinajstić information content (AvgIpc) is 2.14. The highest BCUT2D eigenvalue weighted by molar-refractivity contribution is 5.88. The van der Waals surface area contributed by atoms with Gasteiger partial charge in [-0.15, -0.1) is 0 Å². The second-order valence-corrected chi connectivity index (χ2v) is 3.64.